The summed E-state index contributed by atoms with van der Waals surface area (Å²) in [6.45, 7) is 1.47. The number of carbonyl (C=O) groups excluding carboxylic acids is 2. The van der Waals surface area contributed by atoms with E-state index in [1.165, 1.54) is 12.1 Å². The summed E-state index contributed by atoms with van der Waals surface area (Å²) < 4.78 is 10.3. The van der Waals surface area contributed by atoms with Gasteiger partial charge in [-0.05, 0) is 43.3 Å². The third kappa shape index (κ3) is 5.25. The van der Waals surface area contributed by atoms with Crippen molar-refractivity contribution in [2.75, 3.05) is 17.2 Å². The number of hydrogen-bond acceptors (Lipinski definition) is 5. The van der Waals surface area contributed by atoms with Crippen LogP contribution in [0, 0.1) is 6.92 Å². The maximum atomic E-state index is 12.3. The van der Waals surface area contributed by atoms with Crippen molar-refractivity contribution in [2.45, 2.75) is 6.92 Å². The molecule has 0 aliphatic rings. The smallest absolute Gasteiger partial charge is 0.262 e. The van der Waals surface area contributed by atoms with Gasteiger partial charge in [0.1, 0.15) is 11.5 Å². The van der Waals surface area contributed by atoms with E-state index in [1.807, 2.05) is 0 Å². The van der Waals surface area contributed by atoms with E-state index in [2.05, 4.69) is 15.8 Å². The van der Waals surface area contributed by atoms with Gasteiger partial charge < -0.3 is 19.9 Å². The lowest BCUT2D eigenvalue weighted by atomic mass is 10.2. The van der Waals surface area contributed by atoms with Crippen LogP contribution >= 0.6 is 23.2 Å². The Hall–Kier alpha value is -3.03. The number of carbonyl (C=O) groups is 2. The van der Waals surface area contributed by atoms with Crippen LogP contribution in [0.4, 0.5) is 11.5 Å². The molecule has 0 saturated carbocycles. The number of aryl methyl sites for hydroxylation is 1. The van der Waals surface area contributed by atoms with E-state index in [0.29, 0.717) is 38.6 Å². The van der Waals surface area contributed by atoms with Crippen LogP contribution in [0.3, 0.4) is 0 Å². The van der Waals surface area contributed by atoms with Crippen molar-refractivity contribution in [3.8, 4) is 5.75 Å². The highest BCUT2D eigenvalue weighted by atomic mass is 35.5. The van der Waals surface area contributed by atoms with E-state index in [9.17, 15) is 9.59 Å². The van der Waals surface area contributed by atoms with Gasteiger partial charge in [-0.2, -0.15) is 0 Å². The SMILES string of the molecule is Cc1cc(NC(=O)c2cccc(NC(=O)COc3ccc(Cl)cc3Cl)c2)no1. The molecule has 0 saturated heterocycles. The number of halogens is 2. The zero-order valence-corrected chi connectivity index (χ0v) is 16.2. The van der Waals surface area contributed by atoms with Gasteiger partial charge in [-0.3, -0.25) is 9.59 Å². The zero-order valence-electron chi connectivity index (χ0n) is 14.7. The van der Waals surface area contributed by atoms with Gasteiger partial charge in [-0.15, -0.1) is 0 Å². The van der Waals surface area contributed by atoms with Crippen molar-refractivity contribution in [2.24, 2.45) is 0 Å². The molecule has 3 aromatic rings. The van der Waals surface area contributed by atoms with Crippen molar-refractivity contribution in [3.63, 3.8) is 0 Å². The largest absolute Gasteiger partial charge is 0.482 e. The van der Waals surface area contributed by atoms with Crippen LogP contribution in [0.15, 0.2) is 53.1 Å². The molecule has 0 radical (unpaired) electrons. The lowest BCUT2D eigenvalue weighted by Crippen LogP contribution is -2.20. The Morgan fingerprint density at radius 1 is 1.11 bits per heavy atom. The highest BCUT2D eigenvalue weighted by molar-refractivity contribution is 6.35. The number of anilines is 2. The zero-order chi connectivity index (χ0) is 20.1. The van der Waals surface area contributed by atoms with Crippen molar-refractivity contribution < 1.29 is 18.8 Å². The quantitative estimate of drug-likeness (QED) is 0.610. The Kier molecular flexibility index (Phi) is 6.18. The Morgan fingerprint density at radius 2 is 1.93 bits per heavy atom. The highest BCUT2D eigenvalue weighted by Gasteiger charge is 2.11. The monoisotopic (exact) mass is 419 g/mol. The van der Waals surface area contributed by atoms with E-state index in [-0.39, 0.29) is 12.5 Å². The van der Waals surface area contributed by atoms with Gasteiger partial charge in [0.2, 0.25) is 0 Å². The van der Waals surface area contributed by atoms with Crippen LogP contribution in [0.1, 0.15) is 16.1 Å². The molecule has 0 spiro atoms. The summed E-state index contributed by atoms with van der Waals surface area (Å²) in [4.78, 5) is 24.4. The fourth-order valence-corrected chi connectivity index (χ4v) is 2.75. The summed E-state index contributed by atoms with van der Waals surface area (Å²) in [5.41, 5.74) is 0.792. The van der Waals surface area contributed by atoms with Gasteiger partial charge in [0.25, 0.3) is 11.8 Å². The Balaban J connectivity index is 1.58. The van der Waals surface area contributed by atoms with E-state index < -0.39 is 5.91 Å². The number of nitrogens with zero attached hydrogens (tertiary/aromatic N) is 1. The van der Waals surface area contributed by atoms with Crippen LogP contribution in [-0.4, -0.2) is 23.6 Å². The van der Waals surface area contributed by atoms with Gasteiger partial charge in [0.05, 0.1) is 5.02 Å². The van der Waals surface area contributed by atoms with Gasteiger partial charge in [-0.25, -0.2) is 0 Å². The van der Waals surface area contributed by atoms with Crippen molar-refractivity contribution >= 4 is 46.5 Å². The van der Waals surface area contributed by atoms with E-state index in [0.717, 1.165) is 0 Å². The molecule has 3 rings (SSSR count). The molecule has 1 aromatic heterocycles. The number of aromatic nitrogens is 1. The van der Waals surface area contributed by atoms with Crippen molar-refractivity contribution in [1.82, 2.24) is 5.16 Å². The maximum Gasteiger partial charge on any atom is 0.262 e. The van der Waals surface area contributed by atoms with Crippen LogP contribution in [0.5, 0.6) is 5.75 Å². The first kappa shape index (κ1) is 19.7. The number of ether oxygens (including phenoxy) is 1. The Labute approximate surface area is 170 Å². The molecule has 1 heterocycles. The lowest BCUT2D eigenvalue weighted by molar-refractivity contribution is -0.118. The van der Waals surface area contributed by atoms with Gasteiger partial charge in [-0.1, -0.05) is 34.4 Å². The number of rotatable bonds is 6. The van der Waals surface area contributed by atoms with Crippen LogP contribution in [-0.2, 0) is 4.79 Å². The molecular weight excluding hydrogens is 405 g/mol. The third-order valence-electron chi connectivity index (χ3n) is 3.53. The molecule has 0 fully saturated rings. The summed E-state index contributed by atoms with van der Waals surface area (Å²) in [7, 11) is 0. The fourth-order valence-electron chi connectivity index (χ4n) is 2.28. The first-order valence-electron chi connectivity index (χ1n) is 8.13. The number of hydrogen-bond donors (Lipinski definition) is 2. The predicted octanol–water partition coefficient (Wildman–Crippen LogP) is 4.56. The fraction of sp³-hybridized carbons (Fsp3) is 0.105. The second kappa shape index (κ2) is 8.77. The molecule has 0 aliphatic carbocycles. The third-order valence-corrected chi connectivity index (χ3v) is 4.06. The molecule has 28 heavy (non-hydrogen) atoms. The standard InChI is InChI=1S/C19H15Cl2N3O4/c1-11-7-17(24-28-11)23-19(26)12-3-2-4-14(8-12)22-18(25)10-27-16-6-5-13(20)9-15(16)21/h2-9H,10H2,1H3,(H,22,25)(H,23,24,26). The Bertz CT molecular complexity index is 1020. The lowest BCUT2D eigenvalue weighted by Gasteiger charge is -2.10. The van der Waals surface area contributed by atoms with Gasteiger partial charge in [0, 0.05) is 22.3 Å². The first-order chi connectivity index (χ1) is 13.4. The predicted molar refractivity (Wildman–Crippen MR) is 106 cm³/mol. The van der Waals surface area contributed by atoms with Crippen molar-refractivity contribution in [3.05, 3.63) is 69.9 Å². The second-order valence-corrected chi connectivity index (χ2v) is 6.61. The molecule has 0 bridgehead atoms. The summed E-state index contributed by atoms with van der Waals surface area (Å²) >= 11 is 11.8. The number of nitrogens with one attached hydrogen (secondary N) is 2. The van der Waals surface area contributed by atoms with E-state index in [4.69, 9.17) is 32.5 Å². The van der Waals surface area contributed by atoms with Gasteiger partial charge in [0.15, 0.2) is 12.4 Å². The minimum absolute atomic E-state index is 0.254. The van der Waals surface area contributed by atoms with Crippen molar-refractivity contribution in [1.29, 1.82) is 0 Å². The summed E-state index contributed by atoms with van der Waals surface area (Å²) in [5.74, 6) is 0.448. The highest BCUT2D eigenvalue weighted by Crippen LogP contribution is 2.27. The van der Waals surface area contributed by atoms with E-state index in [1.54, 1.807) is 43.3 Å². The summed E-state index contributed by atoms with van der Waals surface area (Å²) in [6, 6.07) is 12.8. The molecule has 9 heteroatoms. The molecule has 0 unspecified atom stereocenters. The molecule has 7 nitrogen and oxygen atoms in total. The molecule has 2 amide bonds. The molecule has 0 aliphatic heterocycles. The van der Waals surface area contributed by atoms with Crippen LogP contribution in [0.25, 0.3) is 0 Å². The molecular formula is C19H15Cl2N3O4. The topological polar surface area (TPSA) is 93.5 Å². The molecule has 0 atom stereocenters. The minimum atomic E-state index is -0.407. The average Bonchev–Trinajstić information content (AvgIpc) is 3.06. The van der Waals surface area contributed by atoms with Crippen LogP contribution in [0.2, 0.25) is 10.0 Å². The molecule has 2 N–H and O–H groups in total. The minimum Gasteiger partial charge on any atom is -0.482 e. The summed E-state index contributed by atoms with van der Waals surface area (Å²) in [5, 5.41) is 9.75. The molecule has 2 aromatic carbocycles. The average molecular weight is 420 g/mol. The molecule has 144 valence electrons. The second-order valence-electron chi connectivity index (χ2n) is 5.77. The Morgan fingerprint density at radius 3 is 2.64 bits per heavy atom. The van der Waals surface area contributed by atoms with E-state index >= 15 is 0 Å². The number of amides is 2. The maximum absolute atomic E-state index is 12.3. The van der Waals surface area contributed by atoms with Gasteiger partial charge >= 0.3 is 0 Å². The summed E-state index contributed by atoms with van der Waals surface area (Å²) in [6.07, 6.45) is 0. The first-order valence-corrected chi connectivity index (χ1v) is 8.89. The normalized spacial score (nSPS) is 10.4. The van der Waals surface area contributed by atoms with Crippen LogP contribution < -0.4 is 15.4 Å². The number of benzene rings is 2.